The Bertz CT molecular complexity index is 598. The van der Waals surface area contributed by atoms with E-state index in [4.69, 9.17) is 4.99 Å². The molecule has 2 aliphatic rings. The molecule has 0 aromatic carbocycles. The summed E-state index contributed by atoms with van der Waals surface area (Å²) in [5.41, 5.74) is 1.34. The zero-order valence-electron chi connectivity index (χ0n) is 17.4. The Balaban J connectivity index is 1.57. The van der Waals surface area contributed by atoms with Gasteiger partial charge in [0, 0.05) is 39.0 Å². The fourth-order valence-electron chi connectivity index (χ4n) is 4.48. The first-order valence-corrected chi connectivity index (χ1v) is 11.1. The van der Waals surface area contributed by atoms with Crippen LogP contribution in [0.4, 0.5) is 5.82 Å². The van der Waals surface area contributed by atoms with Gasteiger partial charge < -0.3 is 20.6 Å². The SMILES string of the molecule is CCNC(=NCc1ccc(N2CCCC2)nc1)NCC1(CCO)CCCCC1. The van der Waals surface area contributed by atoms with Crippen LogP contribution >= 0.6 is 0 Å². The molecule has 1 aliphatic carbocycles. The van der Waals surface area contributed by atoms with Crippen LogP contribution in [0.2, 0.25) is 0 Å². The fourth-order valence-corrected chi connectivity index (χ4v) is 4.48. The van der Waals surface area contributed by atoms with E-state index in [1.165, 1.54) is 44.9 Å². The maximum atomic E-state index is 9.52. The summed E-state index contributed by atoms with van der Waals surface area (Å²) >= 11 is 0. The number of nitrogens with zero attached hydrogens (tertiary/aromatic N) is 3. The molecule has 28 heavy (non-hydrogen) atoms. The first-order chi connectivity index (χ1) is 13.7. The Morgan fingerprint density at radius 2 is 1.93 bits per heavy atom. The van der Waals surface area contributed by atoms with Crippen molar-refractivity contribution in [2.75, 3.05) is 37.7 Å². The lowest BCUT2D eigenvalue weighted by molar-refractivity contribution is 0.131. The Hall–Kier alpha value is -1.82. The van der Waals surface area contributed by atoms with Crippen molar-refractivity contribution in [1.82, 2.24) is 15.6 Å². The van der Waals surface area contributed by atoms with Crippen molar-refractivity contribution >= 4 is 11.8 Å². The highest BCUT2D eigenvalue weighted by atomic mass is 16.3. The van der Waals surface area contributed by atoms with Gasteiger partial charge in [-0.1, -0.05) is 25.3 Å². The Labute approximate surface area is 169 Å². The number of hydrogen-bond donors (Lipinski definition) is 3. The molecule has 1 saturated heterocycles. The Morgan fingerprint density at radius 1 is 1.14 bits per heavy atom. The van der Waals surface area contributed by atoms with Gasteiger partial charge in [0.2, 0.25) is 0 Å². The van der Waals surface area contributed by atoms with Gasteiger partial charge in [-0.3, -0.25) is 0 Å². The number of rotatable bonds is 8. The number of aliphatic hydroxyl groups is 1. The van der Waals surface area contributed by atoms with Crippen molar-refractivity contribution < 1.29 is 5.11 Å². The predicted octanol–water partition coefficient (Wildman–Crippen LogP) is 3.07. The zero-order valence-corrected chi connectivity index (χ0v) is 17.4. The summed E-state index contributed by atoms with van der Waals surface area (Å²) in [6.45, 7) is 6.94. The molecule has 0 amide bonds. The van der Waals surface area contributed by atoms with E-state index in [0.29, 0.717) is 6.54 Å². The number of aliphatic hydroxyl groups excluding tert-OH is 1. The number of pyridine rings is 1. The predicted molar refractivity (Wildman–Crippen MR) is 116 cm³/mol. The van der Waals surface area contributed by atoms with E-state index >= 15 is 0 Å². The monoisotopic (exact) mass is 387 g/mol. The lowest BCUT2D eigenvalue weighted by Crippen LogP contribution is -2.44. The third-order valence-corrected chi connectivity index (χ3v) is 6.19. The molecule has 0 radical (unpaired) electrons. The smallest absolute Gasteiger partial charge is 0.191 e. The van der Waals surface area contributed by atoms with Crippen LogP contribution in [0.3, 0.4) is 0 Å². The molecule has 1 aliphatic heterocycles. The van der Waals surface area contributed by atoms with Gasteiger partial charge in [0.1, 0.15) is 5.82 Å². The molecule has 0 atom stereocenters. The Kier molecular flexibility index (Phi) is 7.95. The molecule has 0 unspecified atom stereocenters. The molecule has 2 heterocycles. The van der Waals surface area contributed by atoms with Crippen LogP contribution in [0.15, 0.2) is 23.3 Å². The van der Waals surface area contributed by atoms with Crippen molar-refractivity contribution in [2.24, 2.45) is 10.4 Å². The standard InChI is InChI=1S/C22H37N5O/c1-2-23-21(26-18-22(12-15-28)10-4-3-5-11-22)25-17-19-8-9-20(24-16-19)27-13-6-7-14-27/h8-9,16,28H,2-7,10-15,17-18H2,1H3,(H2,23,25,26). The second kappa shape index (κ2) is 10.6. The molecular weight excluding hydrogens is 350 g/mol. The third kappa shape index (κ3) is 5.84. The molecule has 0 spiro atoms. The lowest BCUT2D eigenvalue weighted by Gasteiger charge is -2.37. The summed E-state index contributed by atoms with van der Waals surface area (Å²) in [7, 11) is 0. The average molecular weight is 388 g/mol. The Morgan fingerprint density at radius 3 is 2.57 bits per heavy atom. The highest BCUT2D eigenvalue weighted by Crippen LogP contribution is 2.38. The van der Waals surface area contributed by atoms with Crippen molar-refractivity contribution in [3.05, 3.63) is 23.9 Å². The minimum atomic E-state index is 0.210. The third-order valence-electron chi connectivity index (χ3n) is 6.19. The molecule has 1 saturated carbocycles. The van der Waals surface area contributed by atoms with Crippen molar-refractivity contribution in [3.63, 3.8) is 0 Å². The summed E-state index contributed by atoms with van der Waals surface area (Å²) in [5, 5.41) is 16.4. The number of aromatic nitrogens is 1. The summed E-state index contributed by atoms with van der Waals surface area (Å²) in [5.74, 6) is 1.94. The van der Waals surface area contributed by atoms with Crippen LogP contribution in [0.5, 0.6) is 0 Å². The summed E-state index contributed by atoms with van der Waals surface area (Å²) in [4.78, 5) is 11.7. The number of hydrogen-bond acceptors (Lipinski definition) is 4. The van der Waals surface area contributed by atoms with Gasteiger partial charge in [-0.15, -0.1) is 0 Å². The van der Waals surface area contributed by atoms with Crippen molar-refractivity contribution in [1.29, 1.82) is 0 Å². The number of nitrogens with one attached hydrogen (secondary N) is 2. The quantitative estimate of drug-likeness (QED) is 0.472. The van der Waals surface area contributed by atoms with Crippen LogP contribution in [-0.4, -0.2) is 48.8 Å². The van der Waals surface area contributed by atoms with Gasteiger partial charge in [0.15, 0.2) is 5.96 Å². The van der Waals surface area contributed by atoms with Gasteiger partial charge in [-0.05, 0) is 56.1 Å². The van der Waals surface area contributed by atoms with E-state index in [0.717, 1.165) is 49.9 Å². The molecule has 2 fully saturated rings. The fraction of sp³-hybridized carbons (Fsp3) is 0.727. The van der Waals surface area contributed by atoms with Gasteiger partial charge in [-0.2, -0.15) is 0 Å². The largest absolute Gasteiger partial charge is 0.396 e. The average Bonchev–Trinajstić information content (AvgIpc) is 3.26. The van der Waals surface area contributed by atoms with Gasteiger partial charge >= 0.3 is 0 Å². The number of guanidine groups is 1. The first kappa shape index (κ1) is 20.9. The second-order valence-corrected chi connectivity index (χ2v) is 8.30. The zero-order chi connectivity index (χ0) is 19.7. The molecule has 1 aromatic heterocycles. The molecular formula is C22H37N5O. The lowest BCUT2D eigenvalue weighted by atomic mass is 9.72. The van der Waals surface area contributed by atoms with E-state index in [-0.39, 0.29) is 12.0 Å². The topological polar surface area (TPSA) is 72.8 Å². The number of aliphatic imine (C=N–C) groups is 1. The molecule has 6 heteroatoms. The van der Waals surface area contributed by atoms with Crippen molar-refractivity contribution in [3.8, 4) is 0 Å². The molecule has 156 valence electrons. The van der Waals surface area contributed by atoms with E-state index in [1.807, 2.05) is 6.20 Å². The maximum absolute atomic E-state index is 9.52. The maximum Gasteiger partial charge on any atom is 0.191 e. The van der Waals surface area contributed by atoms with Crippen LogP contribution in [-0.2, 0) is 6.54 Å². The molecule has 0 bridgehead atoms. The van der Waals surface area contributed by atoms with Crippen LogP contribution in [0, 0.1) is 5.41 Å². The molecule has 3 rings (SSSR count). The van der Waals surface area contributed by atoms with Gasteiger partial charge in [0.25, 0.3) is 0 Å². The van der Waals surface area contributed by atoms with Gasteiger partial charge in [0.05, 0.1) is 6.54 Å². The highest BCUT2D eigenvalue weighted by molar-refractivity contribution is 5.79. The van der Waals surface area contributed by atoms with Gasteiger partial charge in [-0.25, -0.2) is 9.98 Å². The van der Waals surface area contributed by atoms with E-state index in [2.05, 4.69) is 39.6 Å². The number of anilines is 1. The minimum Gasteiger partial charge on any atom is -0.396 e. The van der Waals surface area contributed by atoms with Crippen LogP contribution < -0.4 is 15.5 Å². The van der Waals surface area contributed by atoms with Crippen LogP contribution in [0.1, 0.15) is 63.9 Å². The first-order valence-electron chi connectivity index (χ1n) is 11.1. The summed E-state index contributed by atoms with van der Waals surface area (Å²) in [6, 6.07) is 4.26. The van der Waals surface area contributed by atoms with E-state index in [9.17, 15) is 5.11 Å². The summed E-state index contributed by atoms with van der Waals surface area (Å²) in [6.07, 6.45) is 11.6. The second-order valence-electron chi connectivity index (χ2n) is 8.30. The van der Waals surface area contributed by atoms with Crippen LogP contribution in [0.25, 0.3) is 0 Å². The highest BCUT2D eigenvalue weighted by Gasteiger charge is 2.31. The minimum absolute atomic E-state index is 0.210. The van der Waals surface area contributed by atoms with E-state index < -0.39 is 0 Å². The van der Waals surface area contributed by atoms with Crippen molar-refractivity contribution in [2.45, 2.75) is 64.8 Å². The summed E-state index contributed by atoms with van der Waals surface area (Å²) < 4.78 is 0. The van der Waals surface area contributed by atoms with E-state index in [1.54, 1.807) is 0 Å². The molecule has 6 nitrogen and oxygen atoms in total. The molecule has 1 aromatic rings. The normalized spacial score (nSPS) is 19.6. The molecule has 3 N–H and O–H groups in total.